The summed E-state index contributed by atoms with van der Waals surface area (Å²) in [6, 6.07) is 7.49. The largest absolute Gasteiger partial charge is 0.384 e. The monoisotopic (exact) mass is 348 g/mol. The van der Waals surface area contributed by atoms with Crippen LogP contribution in [0.5, 0.6) is 0 Å². The highest BCUT2D eigenvalue weighted by Crippen LogP contribution is 2.23. The number of hydrogen-bond acceptors (Lipinski definition) is 6. The summed E-state index contributed by atoms with van der Waals surface area (Å²) in [5, 5.41) is 13.1. The molecule has 1 aliphatic rings. The molecule has 3 N–H and O–H groups in total. The van der Waals surface area contributed by atoms with Crippen LogP contribution in [0.3, 0.4) is 0 Å². The summed E-state index contributed by atoms with van der Waals surface area (Å²) in [6.45, 7) is 2.12. The molecule has 1 amide bonds. The van der Waals surface area contributed by atoms with Crippen LogP contribution in [0.2, 0.25) is 0 Å². The van der Waals surface area contributed by atoms with Gasteiger partial charge >= 0.3 is 0 Å². The fraction of sp³-hybridized carbons (Fsp3) is 0.222. The van der Waals surface area contributed by atoms with Crippen molar-refractivity contribution in [3.05, 3.63) is 47.9 Å². The summed E-state index contributed by atoms with van der Waals surface area (Å²) >= 11 is 0. The number of aromatic nitrogens is 3. The molecule has 0 spiro atoms. The average Bonchev–Trinajstić information content (AvgIpc) is 3.03. The number of primary amides is 1. The Morgan fingerprint density at radius 2 is 2.23 bits per heavy atom. The summed E-state index contributed by atoms with van der Waals surface area (Å²) in [6.07, 6.45) is 4.81. The van der Waals surface area contributed by atoms with E-state index in [2.05, 4.69) is 21.4 Å². The minimum Gasteiger partial charge on any atom is -0.384 e. The Balaban J connectivity index is 1.72. The maximum Gasteiger partial charge on any atom is 0.252 e. The molecular formula is C18H16N6O2. The molecule has 1 fully saturated rings. The third kappa shape index (κ3) is 2.85. The highest BCUT2D eigenvalue weighted by atomic mass is 16.5. The first-order chi connectivity index (χ1) is 12.7. The summed E-state index contributed by atoms with van der Waals surface area (Å²) in [4.78, 5) is 20.4. The second kappa shape index (κ2) is 6.46. The van der Waals surface area contributed by atoms with Crippen molar-refractivity contribution >= 4 is 22.6 Å². The van der Waals surface area contributed by atoms with E-state index in [0.717, 1.165) is 5.39 Å². The molecule has 3 aromatic heterocycles. The van der Waals surface area contributed by atoms with Crippen LogP contribution in [0.25, 0.3) is 16.9 Å². The lowest BCUT2D eigenvalue weighted by Crippen LogP contribution is -2.33. The van der Waals surface area contributed by atoms with Crippen molar-refractivity contribution in [1.29, 1.82) is 5.26 Å². The van der Waals surface area contributed by atoms with Gasteiger partial charge < -0.3 is 15.8 Å². The van der Waals surface area contributed by atoms with Gasteiger partial charge in [-0.2, -0.15) is 5.26 Å². The first kappa shape index (κ1) is 16.1. The van der Waals surface area contributed by atoms with Crippen LogP contribution in [0.1, 0.15) is 15.9 Å². The molecule has 1 saturated heterocycles. The van der Waals surface area contributed by atoms with Gasteiger partial charge in [0, 0.05) is 42.5 Å². The highest BCUT2D eigenvalue weighted by molar-refractivity contribution is 5.98. The second-order valence-electron chi connectivity index (χ2n) is 6.17. The molecule has 8 nitrogen and oxygen atoms in total. The second-order valence-corrected chi connectivity index (χ2v) is 6.17. The van der Waals surface area contributed by atoms with Gasteiger partial charge in [-0.15, -0.1) is 0 Å². The lowest BCUT2D eigenvalue weighted by molar-refractivity contribution is -0.0248. The van der Waals surface area contributed by atoms with Crippen LogP contribution in [0.4, 0.5) is 5.69 Å². The number of nitrogens with one attached hydrogen (secondary N) is 1. The van der Waals surface area contributed by atoms with Crippen LogP contribution in [0, 0.1) is 17.2 Å². The van der Waals surface area contributed by atoms with Gasteiger partial charge in [-0.1, -0.05) is 0 Å². The van der Waals surface area contributed by atoms with Gasteiger partial charge in [0.25, 0.3) is 5.91 Å². The Labute approximate surface area is 149 Å². The summed E-state index contributed by atoms with van der Waals surface area (Å²) < 4.78 is 6.98. The molecule has 3 aromatic rings. The van der Waals surface area contributed by atoms with Crippen LogP contribution in [-0.4, -0.2) is 40.2 Å². The fourth-order valence-corrected chi connectivity index (χ4v) is 2.85. The third-order valence-electron chi connectivity index (χ3n) is 4.35. The zero-order chi connectivity index (χ0) is 18.1. The molecule has 1 aliphatic heterocycles. The topological polar surface area (TPSA) is 119 Å². The van der Waals surface area contributed by atoms with Crippen molar-refractivity contribution in [3.8, 4) is 11.9 Å². The molecule has 0 saturated carbocycles. The number of carbonyl (C=O) groups is 1. The number of rotatable bonds is 5. The molecule has 26 heavy (non-hydrogen) atoms. The molecule has 4 heterocycles. The van der Waals surface area contributed by atoms with E-state index in [0.29, 0.717) is 54.0 Å². The van der Waals surface area contributed by atoms with Gasteiger partial charge in [0.1, 0.15) is 17.5 Å². The van der Waals surface area contributed by atoms with E-state index in [1.165, 1.54) is 12.4 Å². The van der Waals surface area contributed by atoms with Crippen molar-refractivity contribution < 1.29 is 9.53 Å². The van der Waals surface area contributed by atoms with Crippen LogP contribution in [-0.2, 0) is 4.74 Å². The average molecular weight is 348 g/mol. The van der Waals surface area contributed by atoms with E-state index in [1.54, 1.807) is 16.7 Å². The normalized spacial score (nSPS) is 14.0. The van der Waals surface area contributed by atoms with Crippen LogP contribution in [0.15, 0.2) is 36.8 Å². The van der Waals surface area contributed by atoms with Gasteiger partial charge in [-0.3, -0.25) is 9.36 Å². The number of nitrogens with zero attached hydrogens (tertiary/aromatic N) is 4. The van der Waals surface area contributed by atoms with Gasteiger partial charge in [-0.05, 0) is 12.1 Å². The molecule has 0 bridgehead atoms. The molecule has 4 rings (SSSR count). The molecule has 0 atom stereocenters. The van der Waals surface area contributed by atoms with E-state index in [-0.39, 0.29) is 0 Å². The maximum atomic E-state index is 11.7. The molecule has 130 valence electrons. The highest BCUT2D eigenvalue weighted by Gasteiger charge is 2.19. The Bertz CT molecular complexity index is 1030. The number of fused-ring (bicyclic) bond motifs is 1. The summed E-state index contributed by atoms with van der Waals surface area (Å²) in [5.41, 5.74) is 7.61. The number of amides is 1. The minimum absolute atomic E-state index is 0.338. The third-order valence-corrected chi connectivity index (χ3v) is 4.35. The summed E-state index contributed by atoms with van der Waals surface area (Å²) in [5.74, 6) is 0.492. The molecule has 0 unspecified atom stereocenters. The number of hydrogen-bond donors (Lipinski definition) is 2. The number of carbonyl (C=O) groups excluding carboxylic acids is 1. The van der Waals surface area contributed by atoms with Crippen LogP contribution < -0.4 is 11.1 Å². The lowest BCUT2D eigenvalue weighted by Gasteiger charge is -2.26. The zero-order valence-electron chi connectivity index (χ0n) is 13.8. The fourth-order valence-electron chi connectivity index (χ4n) is 2.85. The van der Waals surface area contributed by atoms with Crippen molar-refractivity contribution in [2.45, 2.75) is 0 Å². The quantitative estimate of drug-likeness (QED) is 0.720. The van der Waals surface area contributed by atoms with Crippen molar-refractivity contribution in [2.24, 2.45) is 11.7 Å². The molecule has 0 aliphatic carbocycles. The van der Waals surface area contributed by atoms with E-state index in [4.69, 9.17) is 15.7 Å². The number of nitrogens with two attached hydrogens (primary N) is 1. The van der Waals surface area contributed by atoms with Gasteiger partial charge in [0.05, 0.1) is 30.0 Å². The van der Waals surface area contributed by atoms with Crippen molar-refractivity contribution in [1.82, 2.24) is 14.5 Å². The van der Waals surface area contributed by atoms with Crippen LogP contribution >= 0.6 is 0 Å². The Morgan fingerprint density at radius 3 is 2.92 bits per heavy atom. The predicted octanol–water partition coefficient (Wildman–Crippen LogP) is 1.45. The molecule has 8 heteroatoms. The first-order valence-electron chi connectivity index (χ1n) is 8.15. The molecule has 0 aromatic carbocycles. The van der Waals surface area contributed by atoms with Gasteiger partial charge in [-0.25, -0.2) is 9.97 Å². The standard InChI is InChI=1S/C18H16N6O2/c19-5-11-3-13-1-2-24(18(13)23-6-11)16-4-15(14(8-22-16)17(20)25)21-7-12-9-26-10-12/h1-4,6,8,12H,7,9-10H2,(H2,20,25)(H,21,22). The van der Waals surface area contributed by atoms with Gasteiger partial charge in [0.2, 0.25) is 0 Å². The maximum absolute atomic E-state index is 11.7. The number of pyridine rings is 2. The number of ether oxygens (including phenoxy) is 1. The number of anilines is 1. The zero-order valence-corrected chi connectivity index (χ0v) is 13.8. The predicted molar refractivity (Wildman–Crippen MR) is 94.9 cm³/mol. The first-order valence-corrected chi connectivity index (χ1v) is 8.15. The van der Waals surface area contributed by atoms with E-state index >= 15 is 0 Å². The minimum atomic E-state index is -0.537. The van der Waals surface area contributed by atoms with Gasteiger partial charge in [0.15, 0.2) is 0 Å². The Morgan fingerprint density at radius 1 is 1.38 bits per heavy atom. The van der Waals surface area contributed by atoms with Crippen molar-refractivity contribution in [2.75, 3.05) is 25.1 Å². The number of nitriles is 1. The Hall–Kier alpha value is -3.44. The van der Waals surface area contributed by atoms with E-state index in [9.17, 15) is 4.79 Å². The molecule has 0 radical (unpaired) electrons. The molecular weight excluding hydrogens is 332 g/mol. The van der Waals surface area contributed by atoms with Crippen molar-refractivity contribution in [3.63, 3.8) is 0 Å². The lowest BCUT2D eigenvalue weighted by atomic mass is 10.1. The Kier molecular flexibility index (Phi) is 3.99. The van der Waals surface area contributed by atoms with E-state index < -0.39 is 5.91 Å². The smallest absolute Gasteiger partial charge is 0.252 e. The van der Waals surface area contributed by atoms with E-state index in [1.807, 2.05) is 12.3 Å². The summed E-state index contributed by atoms with van der Waals surface area (Å²) in [7, 11) is 0. The SMILES string of the molecule is N#Cc1cnc2c(ccn2-c2cc(NCC3COC3)c(C(N)=O)cn2)c1.